The quantitative estimate of drug-likeness (QED) is 0.156. The first-order valence-corrected chi connectivity index (χ1v) is 11.4. The summed E-state index contributed by atoms with van der Waals surface area (Å²) in [6.45, 7) is 1.44. The van der Waals surface area contributed by atoms with Gasteiger partial charge in [0, 0.05) is 32.4 Å². The van der Waals surface area contributed by atoms with E-state index >= 15 is 4.39 Å². The minimum Gasteiger partial charge on any atom is -0.442 e. The summed E-state index contributed by atoms with van der Waals surface area (Å²) in [5.41, 5.74) is 11.8. The van der Waals surface area contributed by atoms with E-state index in [9.17, 15) is 23.2 Å². The standard InChI is InChI=1S/C21H30F3N9O4/c22-16-7-14(32-12-15(37-21(32)36)10-28-20(35)19(23)24)1-2-17(16)31-4-3-29-33(6-5-31)18(34)11-27-9-13(8-25)30-26/h1-2,7-8,15,19,27,29-30H,3-6,9-12,25-26H2,(H,28,35)/b13-8-/t15-/m0/s1. The molecular formula is C21H30F3N9O4. The van der Waals surface area contributed by atoms with Crippen LogP contribution in [0.4, 0.5) is 29.3 Å². The topological polar surface area (TPSA) is 170 Å². The zero-order valence-corrected chi connectivity index (χ0v) is 19.9. The van der Waals surface area contributed by atoms with Crippen molar-refractivity contribution in [3.05, 3.63) is 35.9 Å². The van der Waals surface area contributed by atoms with E-state index in [0.29, 0.717) is 31.9 Å². The maximum Gasteiger partial charge on any atom is 0.414 e. The molecule has 1 atom stereocenters. The van der Waals surface area contributed by atoms with Crippen LogP contribution in [0, 0.1) is 5.82 Å². The molecule has 0 unspecified atom stereocenters. The molecule has 16 heteroatoms. The Morgan fingerprint density at radius 2 is 2.03 bits per heavy atom. The Bertz CT molecular complexity index is 1010. The Kier molecular flexibility index (Phi) is 9.76. The fourth-order valence-corrected chi connectivity index (χ4v) is 3.79. The number of alkyl halides is 2. The van der Waals surface area contributed by atoms with Crippen molar-refractivity contribution in [2.24, 2.45) is 11.6 Å². The summed E-state index contributed by atoms with van der Waals surface area (Å²) in [5, 5.41) is 6.37. The summed E-state index contributed by atoms with van der Waals surface area (Å²) in [6, 6.07) is 4.23. The molecule has 13 nitrogen and oxygen atoms in total. The number of nitrogens with two attached hydrogens (primary N) is 2. The summed E-state index contributed by atoms with van der Waals surface area (Å²) >= 11 is 0. The molecule has 37 heavy (non-hydrogen) atoms. The smallest absolute Gasteiger partial charge is 0.414 e. The van der Waals surface area contributed by atoms with Crippen molar-refractivity contribution < 1.29 is 32.3 Å². The molecule has 0 aromatic heterocycles. The molecule has 204 valence electrons. The van der Waals surface area contributed by atoms with Crippen LogP contribution in [0.2, 0.25) is 0 Å². The fraction of sp³-hybridized carbons (Fsp3) is 0.476. The molecule has 3 amide bonds. The Morgan fingerprint density at radius 1 is 1.24 bits per heavy atom. The lowest BCUT2D eigenvalue weighted by atomic mass is 10.2. The van der Waals surface area contributed by atoms with Gasteiger partial charge in [0.1, 0.15) is 11.9 Å². The first kappa shape index (κ1) is 27.8. The maximum atomic E-state index is 15.0. The van der Waals surface area contributed by atoms with Crippen LogP contribution in [0.3, 0.4) is 0 Å². The van der Waals surface area contributed by atoms with Gasteiger partial charge in [-0.05, 0) is 18.2 Å². The number of amides is 3. The Balaban J connectivity index is 1.55. The van der Waals surface area contributed by atoms with Crippen LogP contribution >= 0.6 is 0 Å². The van der Waals surface area contributed by atoms with Crippen molar-refractivity contribution >= 4 is 29.3 Å². The van der Waals surface area contributed by atoms with E-state index in [1.54, 1.807) is 11.0 Å². The van der Waals surface area contributed by atoms with Gasteiger partial charge in [0.25, 0.3) is 11.8 Å². The highest BCUT2D eigenvalue weighted by Gasteiger charge is 2.33. The van der Waals surface area contributed by atoms with E-state index in [1.807, 2.05) is 5.32 Å². The van der Waals surface area contributed by atoms with Crippen molar-refractivity contribution in [3.8, 4) is 0 Å². The number of anilines is 2. The highest BCUT2D eigenvalue weighted by molar-refractivity contribution is 5.90. The van der Waals surface area contributed by atoms with Crippen LogP contribution in [-0.2, 0) is 14.3 Å². The molecule has 0 aliphatic carbocycles. The van der Waals surface area contributed by atoms with E-state index in [0.717, 1.165) is 4.90 Å². The zero-order valence-electron chi connectivity index (χ0n) is 19.9. The van der Waals surface area contributed by atoms with Crippen molar-refractivity contribution in [2.45, 2.75) is 12.5 Å². The number of benzene rings is 1. The van der Waals surface area contributed by atoms with Crippen LogP contribution in [-0.4, -0.2) is 87.8 Å². The lowest BCUT2D eigenvalue weighted by molar-refractivity contribution is -0.133. The van der Waals surface area contributed by atoms with Crippen LogP contribution in [0.15, 0.2) is 30.1 Å². The van der Waals surface area contributed by atoms with Gasteiger partial charge in [-0.3, -0.25) is 25.3 Å². The van der Waals surface area contributed by atoms with Gasteiger partial charge in [-0.25, -0.2) is 14.6 Å². The highest BCUT2D eigenvalue weighted by atomic mass is 19.3. The molecule has 2 aliphatic rings. The lowest BCUT2D eigenvalue weighted by Gasteiger charge is -2.24. The predicted molar refractivity (Wildman–Crippen MR) is 127 cm³/mol. The average Bonchev–Trinajstić information content (AvgIpc) is 3.08. The summed E-state index contributed by atoms with van der Waals surface area (Å²) in [6.07, 6.45) is -3.51. The number of carbonyl (C=O) groups excluding carboxylic acids is 3. The number of rotatable bonds is 10. The molecule has 8 N–H and O–H groups in total. The number of hydrogen-bond donors (Lipinski definition) is 6. The van der Waals surface area contributed by atoms with Gasteiger partial charge >= 0.3 is 12.5 Å². The lowest BCUT2D eigenvalue weighted by Crippen LogP contribution is -2.48. The second-order valence-corrected chi connectivity index (χ2v) is 8.18. The highest BCUT2D eigenvalue weighted by Crippen LogP contribution is 2.28. The Hall–Kier alpha value is -3.76. The van der Waals surface area contributed by atoms with Crippen molar-refractivity contribution in [3.63, 3.8) is 0 Å². The van der Waals surface area contributed by atoms with E-state index in [2.05, 4.69) is 16.2 Å². The first-order valence-electron chi connectivity index (χ1n) is 11.4. The van der Waals surface area contributed by atoms with Gasteiger partial charge in [-0.15, -0.1) is 0 Å². The van der Waals surface area contributed by atoms with E-state index in [-0.39, 0.29) is 43.5 Å². The van der Waals surface area contributed by atoms with E-state index in [1.165, 1.54) is 23.3 Å². The van der Waals surface area contributed by atoms with Crippen LogP contribution in [0.5, 0.6) is 0 Å². The Labute approximate surface area is 210 Å². The third-order valence-electron chi connectivity index (χ3n) is 5.72. The predicted octanol–water partition coefficient (Wildman–Crippen LogP) is -1.46. The monoisotopic (exact) mass is 529 g/mol. The molecular weight excluding hydrogens is 499 g/mol. The Morgan fingerprint density at radius 3 is 2.70 bits per heavy atom. The molecule has 2 aliphatic heterocycles. The third kappa shape index (κ3) is 7.37. The van der Waals surface area contributed by atoms with Crippen molar-refractivity contribution in [1.82, 2.24) is 26.5 Å². The molecule has 0 spiro atoms. The van der Waals surface area contributed by atoms with E-state index in [4.69, 9.17) is 16.3 Å². The molecule has 0 saturated carbocycles. The minimum absolute atomic E-state index is 0.0355. The number of carbonyl (C=O) groups is 3. The second-order valence-electron chi connectivity index (χ2n) is 8.18. The second kappa shape index (κ2) is 13.0. The number of nitrogens with one attached hydrogen (secondary N) is 4. The molecule has 2 heterocycles. The summed E-state index contributed by atoms with van der Waals surface area (Å²) < 4.78 is 44.8. The van der Waals surface area contributed by atoms with Crippen LogP contribution in [0.25, 0.3) is 0 Å². The van der Waals surface area contributed by atoms with Crippen LogP contribution in [0.1, 0.15) is 0 Å². The van der Waals surface area contributed by atoms with Gasteiger partial charge in [0.05, 0.1) is 43.3 Å². The first-order chi connectivity index (χ1) is 17.7. The van der Waals surface area contributed by atoms with Gasteiger partial charge in [0.15, 0.2) is 0 Å². The van der Waals surface area contributed by atoms with Crippen molar-refractivity contribution in [1.29, 1.82) is 0 Å². The van der Waals surface area contributed by atoms with E-state index < -0.39 is 30.3 Å². The number of halogens is 3. The molecule has 0 radical (unpaired) electrons. The molecule has 3 rings (SSSR count). The minimum atomic E-state index is -3.17. The summed E-state index contributed by atoms with van der Waals surface area (Å²) in [5.74, 6) is 3.03. The van der Waals surface area contributed by atoms with Gasteiger partial charge in [-0.2, -0.15) is 8.78 Å². The number of nitrogens with zero attached hydrogens (tertiary/aromatic N) is 3. The zero-order chi connectivity index (χ0) is 26.9. The number of hydrogen-bond acceptors (Lipinski definition) is 10. The average molecular weight is 530 g/mol. The summed E-state index contributed by atoms with van der Waals surface area (Å²) in [7, 11) is 0. The molecule has 0 bridgehead atoms. The molecule has 2 fully saturated rings. The number of cyclic esters (lactones) is 1. The normalized spacial score (nSPS) is 18.6. The SMILES string of the molecule is N/C=C(/CNCC(=O)N1CCN(c2ccc(N3C[C@H](CNC(=O)C(F)F)OC3=O)cc2F)CCN1)NN. The largest absolute Gasteiger partial charge is 0.442 e. The molecule has 1 aromatic rings. The maximum absolute atomic E-state index is 15.0. The molecule has 2 saturated heterocycles. The number of hydrazine groups is 2. The fourth-order valence-electron chi connectivity index (χ4n) is 3.79. The van der Waals surface area contributed by atoms with Gasteiger partial charge in [0.2, 0.25) is 0 Å². The van der Waals surface area contributed by atoms with Crippen molar-refractivity contribution in [2.75, 3.05) is 62.2 Å². The van der Waals surface area contributed by atoms with Crippen LogP contribution < -0.4 is 42.9 Å². The third-order valence-corrected chi connectivity index (χ3v) is 5.72. The van der Waals surface area contributed by atoms with Gasteiger partial charge < -0.3 is 31.4 Å². The number of ether oxygens (including phenoxy) is 1. The summed E-state index contributed by atoms with van der Waals surface area (Å²) in [4.78, 5) is 38.6. The van der Waals surface area contributed by atoms with Gasteiger partial charge in [-0.1, -0.05) is 0 Å². The molecule has 1 aromatic carbocycles.